The fourth-order valence-corrected chi connectivity index (χ4v) is 2.50. The summed E-state index contributed by atoms with van der Waals surface area (Å²) in [5.74, 6) is -1.30. The van der Waals surface area contributed by atoms with Gasteiger partial charge in [-0.1, -0.05) is 0 Å². The van der Waals surface area contributed by atoms with E-state index in [2.05, 4.69) is 0 Å². The fraction of sp³-hybridized carbons (Fsp3) is 0.818. The molecular weight excluding hydrogens is 272 g/mol. The molecule has 1 aliphatic heterocycles. The van der Waals surface area contributed by atoms with Crippen LogP contribution >= 0.6 is 0 Å². The van der Waals surface area contributed by atoms with Gasteiger partial charge in [0.15, 0.2) is 9.84 Å². The number of hydrogen-bond donors (Lipinski definition) is 1. The van der Waals surface area contributed by atoms with Gasteiger partial charge in [-0.2, -0.15) is 0 Å². The zero-order valence-corrected chi connectivity index (χ0v) is 12.0. The van der Waals surface area contributed by atoms with Crippen molar-refractivity contribution in [1.29, 1.82) is 0 Å². The van der Waals surface area contributed by atoms with Gasteiger partial charge < -0.3 is 10.0 Å². The van der Waals surface area contributed by atoms with Crippen LogP contribution in [0.2, 0.25) is 0 Å². The molecule has 1 saturated heterocycles. The molecule has 0 aromatic heterocycles. The zero-order valence-electron chi connectivity index (χ0n) is 11.2. The molecule has 1 rings (SSSR count). The van der Waals surface area contributed by atoms with Crippen LogP contribution < -0.4 is 0 Å². The van der Waals surface area contributed by atoms with E-state index in [1.165, 1.54) is 11.8 Å². The lowest BCUT2D eigenvalue weighted by molar-refractivity contribution is -0.138. The van der Waals surface area contributed by atoms with Gasteiger partial charge in [0.2, 0.25) is 5.91 Å². The number of amides is 1. The monoisotopic (exact) mass is 292 g/mol. The van der Waals surface area contributed by atoms with Crippen LogP contribution in [0, 0.1) is 0 Å². The predicted molar refractivity (Wildman–Crippen MR) is 69.6 cm³/mol. The molecule has 1 aliphatic rings. The van der Waals surface area contributed by atoms with Crippen molar-refractivity contribution in [3.05, 3.63) is 0 Å². The van der Waals surface area contributed by atoms with Gasteiger partial charge in [0, 0.05) is 32.4 Å². The van der Waals surface area contributed by atoms with E-state index in [1.807, 2.05) is 0 Å². The molecule has 1 fully saturated rings. The minimum absolute atomic E-state index is 0.0519. The van der Waals surface area contributed by atoms with Crippen molar-refractivity contribution in [2.24, 2.45) is 0 Å². The predicted octanol–water partition coefficient (Wildman–Crippen LogP) is -0.962. The summed E-state index contributed by atoms with van der Waals surface area (Å²) in [6.07, 6.45) is 1.69. The Morgan fingerprint density at radius 3 is 2.37 bits per heavy atom. The molecule has 1 heterocycles. The second kappa shape index (κ2) is 6.33. The zero-order chi connectivity index (χ0) is 14.6. The van der Waals surface area contributed by atoms with E-state index >= 15 is 0 Å². The molecule has 110 valence electrons. The molecule has 0 saturated carbocycles. The molecule has 8 heteroatoms. The van der Waals surface area contributed by atoms with Crippen LogP contribution in [0.1, 0.15) is 13.3 Å². The lowest BCUT2D eigenvalue weighted by Gasteiger charge is -2.23. The van der Waals surface area contributed by atoms with Crippen molar-refractivity contribution in [2.45, 2.75) is 18.6 Å². The minimum Gasteiger partial charge on any atom is -0.480 e. The van der Waals surface area contributed by atoms with E-state index in [1.54, 1.807) is 4.90 Å². The van der Waals surface area contributed by atoms with Crippen molar-refractivity contribution >= 4 is 21.7 Å². The van der Waals surface area contributed by atoms with Gasteiger partial charge in [-0.05, 0) is 13.3 Å². The lowest BCUT2D eigenvalue weighted by Crippen LogP contribution is -2.43. The molecule has 1 amide bonds. The molecule has 0 spiro atoms. The Labute approximate surface area is 113 Å². The summed E-state index contributed by atoms with van der Waals surface area (Å²) in [6.45, 7) is 3.22. The highest BCUT2D eigenvalue weighted by atomic mass is 32.2. The number of hydrogen-bond acceptors (Lipinski definition) is 5. The third kappa shape index (κ3) is 4.79. The second-order valence-corrected chi connectivity index (χ2v) is 7.19. The van der Waals surface area contributed by atoms with Gasteiger partial charge in [-0.15, -0.1) is 0 Å². The standard InChI is InChI=1S/C11H20N2O5S/c1-9(19(2,17)18)11(16)13-5-3-4-12(6-7-13)8-10(14)15/h9H,3-8H2,1-2H3,(H,14,15). The maximum Gasteiger partial charge on any atom is 0.317 e. The number of carbonyl (C=O) groups excluding carboxylic acids is 1. The number of rotatable bonds is 4. The van der Waals surface area contributed by atoms with Gasteiger partial charge in [0.05, 0.1) is 6.54 Å². The number of aliphatic carboxylic acids is 1. The van der Waals surface area contributed by atoms with E-state index in [4.69, 9.17) is 5.11 Å². The first-order valence-electron chi connectivity index (χ1n) is 6.13. The van der Waals surface area contributed by atoms with Crippen molar-refractivity contribution in [3.63, 3.8) is 0 Å². The summed E-state index contributed by atoms with van der Waals surface area (Å²) >= 11 is 0. The smallest absolute Gasteiger partial charge is 0.317 e. The Morgan fingerprint density at radius 1 is 1.21 bits per heavy atom. The maximum absolute atomic E-state index is 12.0. The highest BCUT2D eigenvalue weighted by molar-refractivity contribution is 7.92. The number of carboxylic acid groups (broad SMARTS) is 1. The van der Waals surface area contributed by atoms with Gasteiger partial charge in [-0.25, -0.2) is 8.42 Å². The first-order valence-corrected chi connectivity index (χ1v) is 8.09. The van der Waals surface area contributed by atoms with Crippen molar-refractivity contribution in [2.75, 3.05) is 39.0 Å². The summed E-state index contributed by atoms with van der Waals surface area (Å²) in [6, 6.07) is 0. The molecule has 0 aromatic carbocycles. The number of carbonyl (C=O) groups is 2. The summed E-state index contributed by atoms with van der Waals surface area (Å²) in [7, 11) is -3.39. The normalized spacial score (nSPS) is 19.8. The van der Waals surface area contributed by atoms with Crippen LogP contribution in [0.3, 0.4) is 0 Å². The van der Waals surface area contributed by atoms with Gasteiger partial charge >= 0.3 is 5.97 Å². The van der Waals surface area contributed by atoms with Crippen LogP contribution in [-0.4, -0.2) is 79.4 Å². The quantitative estimate of drug-likeness (QED) is 0.717. The number of nitrogens with zero attached hydrogens (tertiary/aromatic N) is 2. The number of carboxylic acids is 1. The van der Waals surface area contributed by atoms with Crippen LogP contribution in [0.4, 0.5) is 0 Å². The molecular formula is C11H20N2O5S. The van der Waals surface area contributed by atoms with Gasteiger partial charge in [-0.3, -0.25) is 14.5 Å². The Hall–Kier alpha value is -1.15. The maximum atomic E-state index is 12.0. The highest BCUT2D eigenvalue weighted by Gasteiger charge is 2.29. The van der Waals surface area contributed by atoms with Crippen LogP contribution in [0.15, 0.2) is 0 Å². The van der Waals surface area contributed by atoms with E-state index in [9.17, 15) is 18.0 Å². The average Bonchev–Trinajstić information content (AvgIpc) is 2.50. The Bertz CT molecular complexity index is 448. The van der Waals surface area contributed by atoms with E-state index < -0.39 is 27.0 Å². The van der Waals surface area contributed by atoms with E-state index in [0.717, 1.165) is 6.26 Å². The van der Waals surface area contributed by atoms with Crippen molar-refractivity contribution in [1.82, 2.24) is 9.80 Å². The lowest BCUT2D eigenvalue weighted by atomic mass is 10.3. The van der Waals surface area contributed by atoms with Crippen molar-refractivity contribution < 1.29 is 23.1 Å². The molecule has 0 radical (unpaired) electrons. The Balaban J connectivity index is 2.62. The molecule has 0 aliphatic carbocycles. The van der Waals surface area contributed by atoms with Gasteiger partial charge in [0.1, 0.15) is 5.25 Å². The average molecular weight is 292 g/mol. The summed E-state index contributed by atoms with van der Waals surface area (Å²) < 4.78 is 22.8. The third-order valence-electron chi connectivity index (χ3n) is 3.25. The van der Waals surface area contributed by atoms with Crippen LogP contribution in [0.25, 0.3) is 0 Å². The molecule has 0 aromatic rings. The summed E-state index contributed by atoms with van der Waals surface area (Å²) in [5.41, 5.74) is 0. The first kappa shape index (κ1) is 15.9. The Morgan fingerprint density at radius 2 is 1.84 bits per heavy atom. The van der Waals surface area contributed by atoms with E-state index in [0.29, 0.717) is 32.6 Å². The molecule has 1 N–H and O–H groups in total. The summed E-state index contributed by atoms with van der Waals surface area (Å²) in [4.78, 5) is 25.9. The first-order chi connectivity index (χ1) is 8.71. The fourth-order valence-electron chi connectivity index (χ4n) is 1.98. The summed E-state index contributed by atoms with van der Waals surface area (Å²) in [5, 5.41) is 7.68. The molecule has 7 nitrogen and oxygen atoms in total. The van der Waals surface area contributed by atoms with Crippen LogP contribution in [0.5, 0.6) is 0 Å². The largest absolute Gasteiger partial charge is 0.480 e. The minimum atomic E-state index is -3.39. The SMILES string of the molecule is CC(C(=O)N1CCCN(CC(=O)O)CC1)S(C)(=O)=O. The molecule has 1 atom stereocenters. The van der Waals surface area contributed by atoms with Crippen LogP contribution in [-0.2, 0) is 19.4 Å². The second-order valence-electron chi connectivity index (χ2n) is 4.82. The Kier molecular flexibility index (Phi) is 5.30. The van der Waals surface area contributed by atoms with E-state index in [-0.39, 0.29) is 6.54 Å². The van der Waals surface area contributed by atoms with Gasteiger partial charge in [0.25, 0.3) is 0 Å². The number of sulfone groups is 1. The molecule has 1 unspecified atom stereocenters. The highest BCUT2D eigenvalue weighted by Crippen LogP contribution is 2.08. The molecule has 19 heavy (non-hydrogen) atoms. The third-order valence-corrected chi connectivity index (χ3v) is 4.74. The van der Waals surface area contributed by atoms with Crippen molar-refractivity contribution in [3.8, 4) is 0 Å². The topological polar surface area (TPSA) is 95.0 Å². The molecule has 0 bridgehead atoms.